The van der Waals surface area contributed by atoms with Crippen molar-refractivity contribution in [3.63, 3.8) is 0 Å². The van der Waals surface area contributed by atoms with E-state index in [9.17, 15) is 9.59 Å². The maximum atomic E-state index is 12.3. The van der Waals surface area contributed by atoms with E-state index < -0.39 is 17.7 Å². The average molecular weight is 325 g/mol. The number of hydrogen-bond donors (Lipinski definition) is 0. The molecule has 23 heavy (non-hydrogen) atoms. The highest BCUT2D eigenvalue weighted by Crippen LogP contribution is 2.29. The second-order valence-corrected chi connectivity index (χ2v) is 7.87. The first-order valence-electron chi connectivity index (χ1n) is 8.95. The van der Waals surface area contributed by atoms with Crippen LogP contribution in [0.4, 0.5) is 4.79 Å². The minimum absolute atomic E-state index is 0.0145. The quantitative estimate of drug-likeness (QED) is 0.742. The van der Waals surface area contributed by atoms with Crippen molar-refractivity contribution in [3.8, 4) is 0 Å². The lowest BCUT2D eigenvalue weighted by atomic mass is 9.85. The molecule has 0 bridgehead atoms. The van der Waals surface area contributed by atoms with Crippen molar-refractivity contribution >= 4 is 12.4 Å². The van der Waals surface area contributed by atoms with Gasteiger partial charge in [0.2, 0.25) is 0 Å². The Balaban J connectivity index is 1.86. The number of ether oxygens (including phenoxy) is 2. The number of morpholine rings is 1. The summed E-state index contributed by atoms with van der Waals surface area (Å²) in [6.45, 7) is 6.23. The van der Waals surface area contributed by atoms with E-state index in [1.807, 2.05) is 20.8 Å². The molecule has 1 saturated carbocycles. The summed E-state index contributed by atoms with van der Waals surface area (Å²) in [7, 11) is 0. The Kier molecular flexibility index (Phi) is 6.45. The molecule has 0 aromatic heterocycles. The van der Waals surface area contributed by atoms with Crippen molar-refractivity contribution in [2.45, 2.75) is 83.5 Å². The van der Waals surface area contributed by atoms with Crippen LogP contribution in [0.1, 0.15) is 65.7 Å². The summed E-state index contributed by atoms with van der Waals surface area (Å²) in [6, 6.07) is -0.532. The predicted octanol–water partition coefficient (Wildman–Crippen LogP) is 3.55. The number of aldehydes is 1. The van der Waals surface area contributed by atoms with Crippen LogP contribution in [-0.4, -0.2) is 48.2 Å². The molecule has 0 radical (unpaired) electrons. The Morgan fingerprint density at radius 1 is 1.22 bits per heavy atom. The highest BCUT2D eigenvalue weighted by Gasteiger charge is 2.35. The van der Waals surface area contributed by atoms with Crippen molar-refractivity contribution in [2.75, 3.05) is 13.2 Å². The van der Waals surface area contributed by atoms with Crippen LogP contribution in [0.5, 0.6) is 0 Å². The van der Waals surface area contributed by atoms with Crippen molar-refractivity contribution in [1.29, 1.82) is 0 Å². The monoisotopic (exact) mass is 325 g/mol. The first kappa shape index (κ1) is 18.2. The second kappa shape index (κ2) is 8.13. The average Bonchev–Trinajstić information content (AvgIpc) is 2.52. The second-order valence-electron chi connectivity index (χ2n) is 7.87. The van der Waals surface area contributed by atoms with Gasteiger partial charge in [0.25, 0.3) is 0 Å². The van der Waals surface area contributed by atoms with Gasteiger partial charge in [-0.1, -0.05) is 32.1 Å². The Labute approximate surface area is 139 Å². The van der Waals surface area contributed by atoms with Gasteiger partial charge in [-0.05, 0) is 39.5 Å². The number of carbonyl (C=O) groups excluding carboxylic acids is 2. The van der Waals surface area contributed by atoms with Gasteiger partial charge >= 0.3 is 6.09 Å². The van der Waals surface area contributed by atoms with Crippen molar-refractivity contribution in [2.24, 2.45) is 5.92 Å². The largest absolute Gasteiger partial charge is 0.444 e. The number of amides is 1. The van der Waals surface area contributed by atoms with Crippen molar-refractivity contribution in [1.82, 2.24) is 4.90 Å². The van der Waals surface area contributed by atoms with Crippen molar-refractivity contribution < 1.29 is 19.1 Å². The van der Waals surface area contributed by atoms with Gasteiger partial charge in [0.15, 0.2) is 0 Å². The van der Waals surface area contributed by atoms with Gasteiger partial charge in [-0.25, -0.2) is 4.79 Å². The van der Waals surface area contributed by atoms with Crippen LogP contribution >= 0.6 is 0 Å². The molecule has 0 aromatic rings. The lowest BCUT2D eigenvalue weighted by molar-refractivity contribution is -0.123. The molecule has 2 rings (SSSR count). The van der Waals surface area contributed by atoms with Crippen LogP contribution in [0.25, 0.3) is 0 Å². The summed E-state index contributed by atoms with van der Waals surface area (Å²) < 4.78 is 11.2. The number of carbonyl (C=O) groups is 2. The fraction of sp³-hybridized carbons (Fsp3) is 0.889. The fourth-order valence-electron chi connectivity index (χ4n) is 3.45. The zero-order valence-corrected chi connectivity index (χ0v) is 14.8. The van der Waals surface area contributed by atoms with Crippen LogP contribution in [0.15, 0.2) is 0 Å². The maximum Gasteiger partial charge on any atom is 0.411 e. The maximum absolute atomic E-state index is 12.3. The first-order chi connectivity index (χ1) is 10.9. The van der Waals surface area contributed by atoms with E-state index in [0.717, 1.165) is 25.0 Å². The normalized spacial score (nSPS) is 26.8. The molecule has 0 N–H and O–H groups in total. The van der Waals surface area contributed by atoms with E-state index in [-0.39, 0.29) is 12.7 Å². The van der Waals surface area contributed by atoms with Gasteiger partial charge in [-0.15, -0.1) is 0 Å². The molecule has 2 atom stereocenters. The molecule has 2 fully saturated rings. The molecule has 1 aliphatic carbocycles. The first-order valence-corrected chi connectivity index (χ1v) is 8.95. The molecule has 2 aliphatic rings. The molecule has 1 aliphatic heterocycles. The van der Waals surface area contributed by atoms with Crippen LogP contribution in [-0.2, 0) is 14.3 Å². The third-order valence-electron chi connectivity index (χ3n) is 4.71. The van der Waals surface area contributed by atoms with E-state index in [1.54, 1.807) is 0 Å². The summed E-state index contributed by atoms with van der Waals surface area (Å²) in [5.74, 6) is 0.797. The molecule has 5 nitrogen and oxygen atoms in total. The van der Waals surface area contributed by atoms with Gasteiger partial charge in [-0.3, -0.25) is 4.90 Å². The van der Waals surface area contributed by atoms with E-state index in [1.165, 1.54) is 37.0 Å². The van der Waals surface area contributed by atoms with E-state index >= 15 is 0 Å². The Bertz CT molecular complexity index is 398. The zero-order valence-electron chi connectivity index (χ0n) is 14.8. The summed E-state index contributed by atoms with van der Waals surface area (Å²) in [5, 5.41) is 0. The highest BCUT2D eigenvalue weighted by molar-refractivity contribution is 5.74. The SMILES string of the molecule is CC(C)(C)OC(=O)N1CC(CCC2CCCCC2)OCC1C=O. The summed E-state index contributed by atoms with van der Waals surface area (Å²) >= 11 is 0. The van der Waals surface area contributed by atoms with Crippen LogP contribution < -0.4 is 0 Å². The Morgan fingerprint density at radius 3 is 2.52 bits per heavy atom. The van der Waals surface area contributed by atoms with E-state index in [4.69, 9.17) is 9.47 Å². The Hall–Kier alpha value is -1.10. The zero-order chi connectivity index (χ0) is 16.9. The molecular weight excluding hydrogens is 294 g/mol. The number of rotatable bonds is 4. The highest BCUT2D eigenvalue weighted by atomic mass is 16.6. The summed E-state index contributed by atoms with van der Waals surface area (Å²) in [6.07, 6.45) is 9.17. The lowest BCUT2D eigenvalue weighted by Crippen LogP contribution is -2.54. The van der Waals surface area contributed by atoms with Crippen molar-refractivity contribution in [3.05, 3.63) is 0 Å². The van der Waals surface area contributed by atoms with Gasteiger partial charge in [-0.2, -0.15) is 0 Å². The molecule has 132 valence electrons. The minimum atomic E-state index is -0.555. The fourth-order valence-corrected chi connectivity index (χ4v) is 3.45. The smallest absolute Gasteiger partial charge is 0.411 e. The van der Waals surface area contributed by atoms with Crippen LogP contribution in [0, 0.1) is 5.92 Å². The Morgan fingerprint density at radius 2 is 1.91 bits per heavy atom. The van der Waals surface area contributed by atoms with Gasteiger partial charge in [0, 0.05) is 0 Å². The standard InChI is InChI=1S/C18H31NO4/c1-18(2,3)23-17(21)19-11-16(22-13-15(19)12-20)10-9-14-7-5-4-6-8-14/h12,14-16H,4-11,13H2,1-3H3. The van der Waals surface area contributed by atoms with Gasteiger partial charge < -0.3 is 14.3 Å². The van der Waals surface area contributed by atoms with Crippen LogP contribution in [0.3, 0.4) is 0 Å². The van der Waals surface area contributed by atoms with Gasteiger partial charge in [0.05, 0.1) is 19.3 Å². The van der Waals surface area contributed by atoms with E-state index in [2.05, 4.69) is 0 Å². The molecular formula is C18H31NO4. The molecule has 1 heterocycles. The molecule has 2 unspecified atom stereocenters. The third-order valence-corrected chi connectivity index (χ3v) is 4.71. The third kappa shape index (κ3) is 5.79. The van der Waals surface area contributed by atoms with Crippen LogP contribution in [0.2, 0.25) is 0 Å². The molecule has 0 spiro atoms. The summed E-state index contributed by atoms with van der Waals surface area (Å²) in [5.41, 5.74) is -0.555. The summed E-state index contributed by atoms with van der Waals surface area (Å²) in [4.78, 5) is 25.1. The molecule has 5 heteroatoms. The molecule has 1 saturated heterocycles. The minimum Gasteiger partial charge on any atom is -0.444 e. The van der Waals surface area contributed by atoms with Gasteiger partial charge in [0.1, 0.15) is 17.9 Å². The number of nitrogens with zero attached hydrogens (tertiary/aromatic N) is 1. The molecule has 0 aromatic carbocycles. The number of hydrogen-bond acceptors (Lipinski definition) is 4. The molecule has 1 amide bonds. The predicted molar refractivity (Wildman–Crippen MR) is 88.3 cm³/mol. The lowest BCUT2D eigenvalue weighted by Gasteiger charge is -2.38. The topological polar surface area (TPSA) is 55.8 Å². The van der Waals surface area contributed by atoms with E-state index in [0.29, 0.717) is 6.54 Å².